The van der Waals surface area contributed by atoms with E-state index in [4.69, 9.17) is 17.0 Å². The van der Waals surface area contributed by atoms with Crippen molar-refractivity contribution in [1.82, 2.24) is 0 Å². The monoisotopic (exact) mass is 662 g/mol. The fraction of sp³-hybridized carbons (Fsp3) is 0.0270. The third-order valence-electron chi connectivity index (χ3n) is 6.36. The number of benzene rings is 5. The van der Waals surface area contributed by atoms with Crippen molar-refractivity contribution >= 4 is 58.5 Å². The molecule has 0 heterocycles. The number of hydrogen-bond acceptors (Lipinski definition) is 0. The van der Waals surface area contributed by atoms with Crippen LogP contribution in [0.4, 0.5) is 0 Å². The van der Waals surface area contributed by atoms with E-state index in [1.165, 1.54) is 48.6 Å². The number of halogens is 2. The van der Waals surface area contributed by atoms with Crippen LogP contribution in [-0.4, -0.2) is 9.52 Å². The normalized spacial score (nSPS) is 9.83. The SMILES string of the molecule is Cc1cc2ccccc2[cH-]1.[Cl][Zr+2][Cl].c1ccc(-c2cccc3[cH-]ccc23)cc1.c1ccc([Si]c2ccccc2)cc1. The maximum absolute atomic E-state index is 4.93. The van der Waals surface area contributed by atoms with Crippen LogP contribution in [0.3, 0.4) is 0 Å². The topological polar surface area (TPSA) is 0 Å². The Hall–Kier alpha value is -3.00. The molecule has 0 aliphatic carbocycles. The van der Waals surface area contributed by atoms with E-state index in [1.807, 2.05) is 0 Å². The third-order valence-corrected chi connectivity index (χ3v) is 7.61. The summed E-state index contributed by atoms with van der Waals surface area (Å²) in [6, 6.07) is 57.4. The molecule has 7 aromatic carbocycles. The van der Waals surface area contributed by atoms with Gasteiger partial charge in [0.15, 0.2) is 0 Å². The summed E-state index contributed by atoms with van der Waals surface area (Å²) in [5.41, 5.74) is 3.95. The summed E-state index contributed by atoms with van der Waals surface area (Å²) in [5.74, 6) is 0. The summed E-state index contributed by atoms with van der Waals surface area (Å²) in [6.07, 6.45) is 0. The van der Waals surface area contributed by atoms with Crippen LogP contribution in [0.5, 0.6) is 0 Å². The van der Waals surface area contributed by atoms with Crippen LogP contribution in [0, 0.1) is 6.92 Å². The first-order valence-electron chi connectivity index (χ1n) is 13.3. The van der Waals surface area contributed by atoms with Gasteiger partial charge in [0.1, 0.15) is 9.52 Å². The van der Waals surface area contributed by atoms with Crippen molar-refractivity contribution < 1.29 is 20.8 Å². The molecule has 0 fully saturated rings. The minimum atomic E-state index is -0.826. The van der Waals surface area contributed by atoms with E-state index in [9.17, 15) is 0 Å². The maximum Gasteiger partial charge on any atom is 0.121 e. The first-order valence-corrected chi connectivity index (χ1v) is 20.7. The van der Waals surface area contributed by atoms with E-state index in [-0.39, 0.29) is 0 Å². The van der Waals surface area contributed by atoms with Gasteiger partial charge in [-0.1, -0.05) is 126 Å². The summed E-state index contributed by atoms with van der Waals surface area (Å²) in [5, 5.41) is 8.14. The molecule has 7 aromatic rings. The van der Waals surface area contributed by atoms with Gasteiger partial charge in [0.2, 0.25) is 0 Å². The van der Waals surface area contributed by atoms with Crippen LogP contribution in [-0.2, 0) is 20.8 Å². The third kappa shape index (κ3) is 9.80. The number of rotatable bonds is 3. The molecule has 0 nitrogen and oxygen atoms in total. The maximum atomic E-state index is 4.93. The summed E-state index contributed by atoms with van der Waals surface area (Å²) in [6.45, 7) is 2.12. The Morgan fingerprint density at radius 3 is 1.73 bits per heavy atom. The first-order chi connectivity index (χ1) is 20.2. The molecule has 7 rings (SSSR count). The van der Waals surface area contributed by atoms with E-state index in [0.717, 1.165) is 9.52 Å². The molecule has 41 heavy (non-hydrogen) atoms. The molecule has 0 amide bonds. The van der Waals surface area contributed by atoms with Gasteiger partial charge < -0.3 is 0 Å². The Bertz CT molecular complexity index is 1640. The standard InChI is InChI=1S/C15H11.C12H10Si.C10H9.2ClH.Zr/c1-2-6-12(7-3-1)14-10-4-8-13-9-5-11-15(13)14;1-3-7-11(8-4-1)13-12-9-5-2-6-10-12;1-8-6-9-4-2-3-5-10(9)7-8;;;/h1-11H;1-10H;2-7H,1H3;2*1H;/q-1;;-1;;;+4/p-2. The molecule has 0 aliphatic rings. The average molecular weight is 665 g/mol. The molecule has 0 saturated heterocycles. The van der Waals surface area contributed by atoms with Crippen LogP contribution in [0.15, 0.2) is 164 Å². The summed E-state index contributed by atoms with van der Waals surface area (Å²) >= 11 is -0.826. The molecular weight excluding hydrogens is 635 g/mol. The van der Waals surface area contributed by atoms with Crippen LogP contribution >= 0.6 is 17.0 Å². The summed E-state index contributed by atoms with van der Waals surface area (Å²) in [7, 11) is 10.6. The van der Waals surface area contributed by atoms with E-state index < -0.39 is 20.8 Å². The largest absolute Gasteiger partial charge is 0.168 e. The summed E-state index contributed by atoms with van der Waals surface area (Å²) < 4.78 is 0. The van der Waals surface area contributed by atoms with Gasteiger partial charge in [-0.3, -0.25) is 0 Å². The number of fused-ring (bicyclic) bond motifs is 2. The van der Waals surface area contributed by atoms with Gasteiger partial charge in [0.25, 0.3) is 0 Å². The minimum Gasteiger partial charge on any atom is -0.168 e. The van der Waals surface area contributed by atoms with E-state index in [2.05, 4.69) is 171 Å². The van der Waals surface area contributed by atoms with Crippen LogP contribution in [0.1, 0.15) is 5.56 Å². The molecule has 0 atom stereocenters. The fourth-order valence-corrected chi connectivity index (χ4v) is 5.60. The van der Waals surface area contributed by atoms with Gasteiger partial charge in [-0.25, -0.2) is 0 Å². The zero-order valence-electron chi connectivity index (χ0n) is 22.8. The smallest absolute Gasteiger partial charge is 0.121 e. The van der Waals surface area contributed by atoms with E-state index >= 15 is 0 Å². The molecule has 0 bridgehead atoms. The molecular formula is C37H30Cl2SiZr. The minimum absolute atomic E-state index is 0.777. The van der Waals surface area contributed by atoms with Gasteiger partial charge >= 0.3 is 37.9 Å². The van der Waals surface area contributed by atoms with Crippen LogP contribution in [0.2, 0.25) is 0 Å². The van der Waals surface area contributed by atoms with Gasteiger partial charge in [-0.05, 0) is 5.56 Å². The van der Waals surface area contributed by atoms with Crippen molar-refractivity contribution in [2.24, 2.45) is 0 Å². The van der Waals surface area contributed by atoms with Gasteiger partial charge in [0.05, 0.1) is 0 Å². The zero-order valence-corrected chi connectivity index (χ0v) is 27.8. The predicted octanol–water partition coefficient (Wildman–Crippen LogP) is 9.81. The van der Waals surface area contributed by atoms with Crippen molar-refractivity contribution in [3.05, 3.63) is 169 Å². The molecule has 0 unspecified atom stereocenters. The van der Waals surface area contributed by atoms with Gasteiger partial charge in [-0.15, -0.1) is 69.6 Å². The first kappa shape index (κ1) is 30.9. The molecule has 2 radical (unpaired) electrons. The molecule has 200 valence electrons. The van der Waals surface area contributed by atoms with Crippen molar-refractivity contribution in [3.63, 3.8) is 0 Å². The van der Waals surface area contributed by atoms with Crippen molar-refractivity contribution in [2.45, 2.75) is 6.92 Å². The van der Waals surface area contributed by atoms with Crippen molar-refractivity contribution in [1.29, 1.82) is 0 Å². The molecule has 4 heteroatoms. The molecule has 0 saturated carbocycles. The van der Waals surface area contributed by atoms with Gasteiger partial charge in [0, 0.05) is 0 Å². The Balaban J connectivity index is 0.000000137. The van der Waals surface area contributed by atoms with Crippen LogP contribution < -0.4 is 10.4 Å². The predicted molar refractivity (Wildman–Crippen MR) is 179 cm³/mol. The second-order valence-corrected chi connectivity index (χ2v) is 14.4. The number of aryl methyl sites for hydroxylation is 1. The summed E-state index contributed by atoms with van der Waals surface area (Å²) in [4.78, 5) is 0. The van der Waals surface area contributed by atoms with Crippen molar-refractivity contribution in [3.8, 4) is 11.1 Å². The Morgan fingerprint density at radius 1 is 0.585 bits per heavy atom. The molecule has 0 spiro atoms. The molecule has 0 aliphatic heterocycles. The fourth-order valence-electron chi connectivity index (χ4n) is 4.55. The zero-order chi connectivity index (χ0) is 28.7. The molecule has 0 N–H and O–H groups in total. The van der Waals surface area contributed by atoms with Crippen molar-refractivity contribution in [2.75, 3.05) is 0 Å². The quantitative estimate of drug-likeness (QED) is 0.130. The van der Waals surface area contributed by atoms with Gasteiger partial charge in [-0.2, -0.15) is 18.2 Å². The second-order valence-electron chi connectivity index (χ2n) is 9.29. The molecule has 0 aromatic heterocycles. The second kappa shape index (κ2) is 17.1. The van der Waals surface area contributed by atoms with E-state index in [1.54, 1.807) is 0 Å². The Morgan fingerprint density at radius 2 is 1.12 bits per heavy atom. The Labute approximate surface area is 264 Å². The van der Waals surface area contributed by atoms with Crippen LogP contribution in [0.25, 0.3) is 32.7 Å². The average Bonchev–Trinajstić information content (AvgIpc) is 3.66. The van der Waals surface area contributed by atoms with E-state index in [0.29, 0.717) is 0 Å². The Kier molecular flexibility index (Phi) is 12.9. The number of hydrogen-bond donors (Lipinski definition) is 0.